The van der Waals surface area contributed by atoms with Crippen LogP contribution in [0, 0.1) is 0 Å². The molecule has 0 spiro atoms. The molecule has 98 valence electrons. The Bertz CT molecular complexity index is 429. The molecular formula is C15H21NO2. The average Bonchev–Trinajstić information content (AvgIpc) is 2.69. The minimum atomic E-state index is 0.280. The Hall–Kier alpha value is -1.06. The summed E-state index contributed by atoms with van der Waals surface area (Å²) in [6, 6.07) is 6.65. The minimum Gasteiger partial charge on any atom is -0.497 e. The lowest BCUT2D eigenvalue weighted by atomic mass is 9.95. The van der Waals surface area contributed by atoms with Crippen molar-refractivity contribution in [3.8, 4) is 5.75 Å². The summed E-state index contributed by atoms with van der Waals surface area (Å²) in [4.78, 5) is 0. The van der Waals surface area contributed by atoms with E-state index in [0.717, 1.165) is 12.2 Å². The zero-order valence-electron chi connectivity index (χ0n) is 11.1. The van der Waals surface area contributed by atoms with Gasteiger partial charge in [-0.1, -0.05) is 6.07 Å². The van der Waals surface area contributed by atoms with Gasteiger partial charge in [-0.15, -0.1) is 0 Å². The molecule has 0 saturated heterocycles. The first-order valence-electron chi connectivity index (χ1n) is 6.81. The molecule has 3 nitrogen and oxygen atoms in total. The van der Waals surface area contributed by atoms with E-state index in [1.54, 1.807) is 7.11 Å². The quantitative estimate of drug-likeness (QED) is 0.886. The molecule has 2 aliphatic rings. The number of methoxy groups -OCH3 is 1. The molecule has 0 aromatic heterocycles. The molecule has 1 N–H and O–H groups in total. The summed E-state index contributed by atoms with van der Waals surface area (Å²) in [6.07, 6.45) is 5.56. The van der Waals surface area contributed by atoms with Crippen molar-refractivity contribution in [1.29, 1.82) is 0 Å². The van der Waals surface area contributed by atoms with Crippen LogP contribution in [0.15, 0.2) is 18.2 Å². The largest absolute Gasteiger partial charge is 0.497 e. The van der Waals surface area contributed by atoms with Crippen molar-refractivity contribution in [3.05, 3.63) is 29.3 Å². The monoisotopic (exact) mass is 247 g/mol. The molecule has 1 aromatic rings. The van der Waals surface area contributed by atoms with Crippen LogP contribution < -0.4 is 10.1 Å². The summed E-state index contributed by atoms with van der Waals surface area (Å²) in [5.41, 5.74) is 2.72. The second-order valence-corrected chi connectivity index (χ2v) is 5.26. The van der Waals surface area contributed by atoms with Crippen LogP contribution in [0.1, 0.15) is 36.4 Å². The van der Waals surface area contributed by atoms with Gasteiger partial charge in [-0.2, -0.15) is 0 Å². The zero-order chi connectivity index (χ0) is 12.5. The first-order chi connectivity index (χ1) is 8.81. The number of nitrogens with one attached hydrogen (secondary N) is 1. The highest BCUT2D eigenvalue weighted by atomic mass is 16.5. The average molecular weight is 247 g/mol. The summed E-state index contributed by atoms with van der Waals surface area (Å²) in [5, 5.41) is 3.39. The molecule has 1 aromatic carbocycles. The summed E-state index contributed by atoms with van der Waals surface area (Å²) in [6.45, 7) is 0. The van der Waals surface area contributed by atoms with E-state index in [0.29, 0.717) is 12.1 Å². The summed E-state index contributed by atoms with van der Waals surface area (Å²) in [7, 11) is 3.73. The minimum absolute atomic E-state index is 0.280. The van der Waals surface area contributed by atoms with E-state index in [1.165, 1.54) is 30.4 Å². The first kappa shape index (κ1) is 12.0. The van der Waals surface area contributed by atoms with Gasteiger partial charge in [0, 0.05) is 6.42 Å². The highest BCUT2D eigenvalue weighted by Crippen LogP contribution is 2.37. The summed E-state index contributed by atoms with van der Waals surface area (Å²) >= 11 is 0. The van der Waals surface area contributed by atoms with Crippen LogP contribution in [0.5, 0.6) is 5.75 Å². The Labute approximate surface area is 108 Å². The fourth-order valence-corrected chi connectivity index (χ4v) is 2.93. The van der Waals surface area contributed by atoms with Gasteiger partial charge in [0.25, 0.3) is 0 Å². The van der Waals surface area contributed by atoms with E-state index in [1.807, 2.05) is 13.1 Å². The normalized spacial score (nSPS) is 26.8. The molecule has 1 saturated carbocycles. The van der Waals surface area contributed by atoms with Crippen LogP contribution in [0.3, 0.4) is 0 Å². The lowest BCUT2D eigenvalue weighted by Crippen LogP contribution is -2.34. The lowest BCUT2D eigenvalue weighted by Gasteiger charge is -2.31. The fraction of sp³-hybridized carbons (Fsp3) is 0.600. The van der Waals surface area contributed by atoms with Crippen molar-refractivity contribution in [2.45, 2.75) is 43.9 Å². The number of likely N-dealkylation sites (N-methyl/N-ethyl adjacent to an activating group) is 1. The third kappa shape index (κ3) is 2.02. The third-order valence-corrected chi connectivity index (χ3v) is 4.21. The Morgan fingerprint density at radius 2 is 2.11 bits per heavy atom. The zero-order valence-corrected chi connectivity index (χ0v) is 11.1. The number of benzene rings is 1. The molecule has 2 unspecified atom stereocenters. The van der Waals surface area contributed by atoms with Gasteiger partial charge in [-0.25, -0.2) is 0 Å². The smallest absolute Gasteiger partial charge is 0.119 e. The maximum Gasteiger partial charge on any atom is 0.119 e. The molecule has 3 heteroatoms. The van der Waals surface area contributed by atoms with Gasteiger partial charge >= 0.3 is 0 Å². The highest BCUT2D eigenvalue weighted by molar-refractivity contribution is 5.42. The predicted octanol–water partition coefficient (Wildman–Crippen LogP) is 2.45. The molecule has 0 radical (unpaired) electrons. The van der Waals surface area contributed by atoms with Gasteiger partial charge in [-0.05, 0) is 49.6 Å². The lowest BCUT2D eigenvalue weighted by molar-refractivity contribution is -0.0602. The number of fused-ring (bicyclic) bond motifs is 1. The van der Waals surface area contributed by atoms with E-state index in [2.05, 4.69) is 17.4 Å². The second kappa shape index (κ2) is 4.90. The van der Waals surface area contributed by atoms with Gasteiger partial charge in [0.2, 0.25) is 0 Å². The third-order valence-electron chi connectivity index (χ3n) is 4.21. The second-order valence-electron chi connectivity index (χ2n) is 5.26. The van der Waals surface area contributed by atoms with E-state index >= 15 is 0 Å². The molecule has 0 heterocycles. The Balaban J connectivity index is 1.80. The van der Waals surface area contributed by atoms with Crippen molar-refractivity contribution >= 4 is 0 Å². The highest BCUT2D eigenvalue weighted by Gasteiger charge is 2.35. The predicted molar refractivity (Wildman–Crippen MR) is 71.0 cm³/mol. The summed E-state index contributed by atoms with van der Waals surface area (Å²) < 4.78 is 11.5. The van der Waals surface area contributed by atoms with Crippen LogP contribution >= 0.6 is 0 Å². The van der Waals surface area contributed by atoms with E-state index < -0.39 is 0 Å². The maximum atomic E-state index is 6.20. The molecule has 3 rings (SSSR count). The SMILES string of the molecule is CNC1c2cc(OC)ccc2CC1OC1CCC1. The Morgan fingerprint density at radius 1 is 1.28 bits per heavy atom. The van der Waals surface area contributed by atoms with Crippen LogP contribution in [-0.2, 0) is 11.2 Å². The van der Waals surface area contributed by atoms with E-state index in [4.69, 9.17) is 9.47 Å². The van der Waals surface area contributed by atoms with Crippen molar-refractivity contribution in [2.75, 3.05) is 14.2 Å². The molecular weight excluding hydrogens is 226 g/mol. The van der Waals surface area contributed by atoms with Crippen molar-refractivity contribution in [2.24, 2.45) is 0 Å². The number of hydrogen-bond acceptors (Lipinski definition) is 3. The van der Waals surface area contributed by atoms with Gasteiger partial charge < -0.3 is 14.8 Å². The van der Waals surface area contributed by atoms with Gasteiger partial charge in [0.15, 0.2) is 0 Å². The Morgan fingerprint density at radius 3 is 2.72 bits per heavy atom. The molecule has 0 aliphatic heterocycles. The van der Waals surface area contributed by atoms with Crippen LogP contribution in [0.4, 0.5) is 0 Å². The Kier molecular flexibility index (Phi) is 3.27. The number of rotatable bonds is 4. The summed E-state index contributed by atoms with van der Waals surface area (Å²) in [5.74, 6) is 0.929. The van der Waals surface area contributed by atoms with Crippen LogP contribution in [-0.4, -0.2) is 26.4 Å². The van der Waals surface area contributed by atoms with Crippen LogP contribution in [0.2, 0.25) is 0 Å². The van der Waals surface area contributed by atoms with Crippen molar-refractivity contribution < 1.29 is 9.47 Å². The molecule has 0 amide bonds. The van der Waals surface area contributed by atoms with Crippen molar-refractivity contribution in [1.82, 2.24) is 5.32 Å². The molecule has 2 aliphatic carbocycles. The topological polar surface area (TPSA) is 30.5 Å². The first-order valence-corrected chi connectivity index (χ1v) is 6.81. The molecule has 1 fully saturated rings. The number of hydrogen-bond donors (Lipinski definition) is 1. The van der Waals surface area contributed by atoms with Gasteiger partial charge in [0.1, 0.15) is 5.75 Å². The van der Waals surface area contributed by atoms with Gasteiger partial charge in [-0.3, -0.25) is 0 Å². The fourth-order valence-electron chi connectivity index (χ4n) is 2.93. The molecule has 2 atom stereocenters. The maximum absolute atomic E-state index is 6.20. The van der Waals surface area contributed by atoms with Gasteiger partial charge in [0.05, 0.1) is 25.4 Å². The van der Waals surface area contributed by atoms with E-state index in [9.17, 15) is 0 Å². The van der Waals surface area contributed by atoms with E-state index in [-0.39, 0.29) is 6.10 Å². The standard InChI is InChI=1S/C15H21NO2/c1-16-15-13-9-12(17-2)7-6-10(13)8-14(15)18-11-4-3-5-11/h6-7,9,11,14-16H,3-5,8H2,1-2H3. The molecule has 18 heavy (non-hydrogen) atoms. The number of ether oxygens (including phenoxy) is 2. The molecule has 0 bridgehead atoms. The van der Waals surface area contributed by atoms with Crippen LogP contribution in [0.25, 0.3) is 0 Å². The van der Waals surface area contributed by atoms with Crippen molar-refractivity contribution in [3.63, 3.8) is 0 Å².